The summed E-state index contributed by atoms with van der Waals surface area (Å²) in [6, 6.07) is 6.86. The monoisotopic (exact) mass is 1450 g/mol. The summed E-state index contributed by atoms with van der Waals surface area (Å²) in [4.78, 5) is 207. The molecule has 8 atom stereocenters. The van der Waals surface area contributed by atoms with Crippen LogP contribution < -0.4 is 42.4 Å². The molecule has 2 aromatic heterocycles. The maximum absolute atomic E-state index is 15.1. The van der Waals surface area contributed by atoms with Crippen LogP contribution in [-0.2, 0) is 70.4 Å². The Morgan fingerprint density at radius 1 is 0.594 bits per heavy atom. The van der Waals surface area contributed by atoms with Crippen LogP contribution in [0, 0.1) is 11.8 Å². The first kappa shape index (κ1) is 79.1. The van der Waals surface area contributed by atoms with Crippen LogP contribution in [0.25, 0.3) is 21.8 Å². The molecule has 11 N–H and O–H groups in total. The van der Waals surface area contributed by atoms with E-state index in [1.807, 2.05) is 0 Å². The Bertz CT molecular complexity index is 3880. The first-order chi connectivity index (χ1) is 47.7. The molecule has 0 spiro atoms. The molecule has 12 amide bonds. The number of hydrogen-bond donors (Lipinski definition) is 10. The van der Waals surface area contributed by atoms with E-state index >= 15 is 4.79 Å². The lowest BCUT2D eigenvalue weighted by Crippen LogP contribution is -2.61. The number of hydrogen-bond acceptors (Lipinski definition) is 22. The van der Waals surface area contributed by atoms with Crippen molar-refractivity contribution in [1.82, 2.24) is 71.3 Å². The van der Waals surface area contributed by atoms with Gasteiger partial charge in [0.05, 0.1) is 43.8 Å². The van der Waals surface area contributed by atoms with E-state index in [0.717, 1.165) is 24.5 Å². The number of carbonyl (C=O) groups excluding carboxylic acids is 12. The first-order valence-corrected chi connectivity index (χ1v) is 35.5. The van der Waals surface area contributed by atoms with Crippen LogP contribution in [0.15, 0.2) is 60.7 Å². The molecule has 0 saturated carbocycles. The van der Waals surface area contributed by atoms with Crippen molar-refractivity contribution in [2.24, 2.45) is 17.6 Å². The molecule has 3 saturated heterocycles. The maximum atomic E-state index is 15.1. The Balaban J connectivity index is 1.18. The molecule has 36 nitrogen and oxygen atoms in total. The minimum atomic E-state index is -5.44. The quantitative estimate of drug-likeness (QED) is 0.0507. The van der Waals surface area contributed by atoms with Crippen molar-refractivity contribution in [2.45, 2.75) is 102 Å². The average Bonchev–Trinajstić information content (AvgIpc) is 0.828. The van der Waals surface area contributed by atoms with E-state index in [-0.39, 0.29) is 38.0 Å². The van der Waals surface area contributed by atoms with Crippen molar-refractivity contribution in [2.75, 3.05) is 100 Å². The molecule has 5 heterocycles. The van der Waals surface area contributed by atoms with Crippen LogP contribution >= 0.6 is 15.6 Å². The zero-order valence-electron chi connectivity index (χ0n) is 57.2. The van der Waals surface area contributed by atoms with Crippen LogP contribution in [-0.4, -0.2) is 262 Å². The van der Waals surface area contributed by atoms with E-state index < -0.39 is 210 Å². The summed E-state index contributed by atoms with van der Waals surface area (Å²) in [5.41, 5.74) is 4.76. The fourth-order valence-electron chi connectivity index (χ4n) is 11.7. The Morgan fingerprint density at radius 3 is 1.48 bits per heavy atom. The van der Waals surface area contributed by atoms with Crippen LogP contribution in [0.4, 0.5) is 0 Å². The van der Waals surface area contributed by atoms with Gasteiger partial charge >= 0.3 is 15.6 Å². The second-order valence-corrected chi connectivity index (χ2v) is 28.1. The molecule has 101 heavy (non-hydrogen) atoms. The number of aromatic hydroxyl groups is 1. The van der Waals surface area contributed by atoms with Crippen LogP contribution in [0.3, 0.4) is 0 Å². The molecule has 38 heteroatoms. The van der Waals surface area contributed by atoms with Gasteiger partial charge in [-0.15, -0.1) is 0 Å². The van der Waals surface area contributed by atoms with Gasteiger partial charge in [0.25, 0.3) is 11.8 Å². The molecule has 550 valence electrons. The van der Waals surface area contributed by atoms with E-state index in [4.69, 9.17) is 15.0 Å². The fourth-order valence-corrected chi connectivity index (χ4v) is 13.7. The summed E-state index contributed by atoms with van der Waals surface area (Å²) in [5.74, 6) is -12.7. The van der Waals surface area contributed by atoms with Gasteiger partial charge in [-0.2, -0.15) is 4.31 Å². The SMILES string of the molecule is CC(C)[C@H]1C(=O)NC[C@@H](NC(=O)c2nc3ccccc3cc2OCOP(=O)(O)OP(=O)(O)OCCN)C(=O)N2CCCC[C@H]2C(=O)NCC(=O)N(C)CC(=O)N(C)[C@@H](C(C)C)C(=O)NC[C@@H](NC(=O)c2nc3ccccc3cc2O)C(=O)N2CCCC[C@H]2C(=O)NCC(=O)N(C)CC(=O)N1C. The summed E-state index contributed by atoms with van der Waals surface area (Å²) in [7, 11) is -5.51. The van der Waals surface area contributed by atoms with E-state index in [1.165, 1.54) is 51.3 Å². The number of rotatable bonds is 15. The highest BCUT2D eigenvalue weighted by Gasteiger charge is 2.42. The van der Waals surface area contributed by atoms with E-state index in [2.05, 4.69) is 50.7 Å². The third-order valence-electron chi connectivity index (χ3n) is 17.0. The Labute approximate surface area is 581 Å². The second-order valence-electron chi connectivity index (χ2n) is 25.1. The lowest BCUT2D eigenvalue weighted by Gasteiger charge is -2.37. The number of phosphoric acid groups is 2. The van der Waals surface area contributed by atoms with E-state index in [9.17, 15) is 76.8 Å². The van der Waals surface area contributed by atoms with E-state index in [0.29, 0.717) is 42.0 Å². The lowest BCUT2D eigenvalue weighted by atomic mass is 9.99. The van der Waals surface area contributed by atoms with Gasteiger partial charge in [0.15, 0.2) is 17.1 Å². The number of nitrogens with two attached hydrogens (primary N) is 1. The maximum Gasteiger partial charge on any atom is 0.484 e. The largest absolute Gasteiger partial charge is 0.505 e. The van der Waals surface area contributed by atoms with Crippen LogP contribution in [0.1, 0.15) is 87.2 Å². The normalized spacial score (nSPS) is 22.8. The Kier molecular flexibility index (Phi) is 27.7. The standard InChI is InChI=1S/C63H87N15O21P2/c1-36(2)54-60(88)65-29-42(71-58(86)52-46(79)27-38-17-9-11-19-40(38)69-52)62(90)77-24-15-13-21-44(77)56(84)67-31-48(80)74(6)34-51(83)76(8)55(37(3)4)61(89)66-30-43(63(91)78-25-16-14-22-45(78)57(85)68-32-49(81)73(5)33-50(82)75(54)7)72-59(87)53-47(28-39-18-10-12-20-41(39)70-53)96-35-98-101(94,95)99-100(92,93)97-26-23-64/h9-12,17-20,27-28,36-37,42-45,54-55,79H,13-16,21-26,29-35,64H2,1-8H3,(H,65,88)(H,66,89)(H,67,84)(H,68,85)(H,71,86)(H,72,87)(H,92,93)(H,94,95)/t42-,43-,44+,45+,54+,55+/m1/s1. The summed E-state index contributed by atoms with van der Waals surface area (Å²) in [5, 5.41) is 27.3. The number of phosphoric ester groups is 2. The number of pyridine rings is 2. The molecule has 0 aliphatic carbocycles. The van der Waals surface area contributed by atoms with Gasteiger partial charge < -0.3 is 86.7 Å². The van der Waals surface area contributed by atoms with Crippen molar-refractivity contribution >= 4 is 108 Å². The third kappa shape index (κ3) is 20.9. The summed E-state index contributed by atoms with van der Waals surface area (Å²) in [6.45, 7) is 0.264. The smallest absolute Gasteiger partial charge is 0.484 e. The van der Waals surface area contributed by atoms with Crippen molar-refractivity contribution in [1.29, 1.82) is 0 Å². The number of carbonyl (C=O) groups is 12. The zero-order chi connectivity index (χ0) is 74.2. The predicted octanol–water partition coefficient (Wildman–Crippen LogP) is -0.945. The zero-order valence-corrected chi connectivity index (χ0v) is 58.9. The first-order valence-electron chi connectivity index (χ1n) is 32.5. The highest BCUT2D eigenvalue weighted by Crippen LogP contribution is 2.60. The number of piperidine rings is 2. The summed E-state index contributed by atoms with van der Waals surface area (Å²) in [6.07, 6.45) is 1.68. The summed E-state index contributed by atoms with van der Waals surface area (Å²) < 4.78 is 44.1. The van der Waals surface area contributed by atoms with Crippen molar-refractivity contribution < 1.29 is 99.7 Å². The van der Waals surface area contributed by atoms with Gasteiger partial charge in [-0.1, -0.05) is 64.1 Å². The lowest BCUT2D eigenvalue weighted by molar-refractivity contribution is -0.146. The fraction of sp³-hybridized carbons (Fsp3) is 0.524. The van der Waals surface area contributed by atoms with Crippen molar-refractivity contribution in [3.05, 3.63) is 72.1 Å². The molecule has 2 aromatic carbocycles. The van der Waals surface area contributed by atoms with Gasteiger partial charge in [-0.25, -0.2) is 23.6 Å². The summed E-state index contributed by atoms with van der Waals surface area (Å²) >= 11 is 0. The van der Waals surface area contributed by atoms with Crippen LogP contribution in [0.5, 0.6) is 11.5 Å². The predicted molar refractivity (Wildman–Crippen MR) is 359 cm³/mol. The minimum absolute atomic E-state index is 0.0246. The number of fused-ring (bicyclic) bond motifs is 4. The number of likely N-dealkylation sites (N-methyl/N-ethyl adjacent to an activating group) is 4. The molecular formula is C63H87N15O21P2. The average molecular weight is 1450 g/mol. The highest BCUT2D eigenvalue weighted by atomic mass is 31.3. The number of para-hydroxylation sites is 2. The van der Waals surface area contributed by atoms with Gasteiger partial charge in [0, 0.05) is 71.7 Å². The van der Waals surface area contributed by atoms with Gasteiger partial charge in [-0.05, 0) is 74.6 Å². The van der Waals surface area contributed by atoms with Crippen LogP contribution in [0.2, 0.25) is 0 Å². The topological polar surface area (TPSA) is 480 Å². The number of benzene rings is 2. The van der Waals surface area contributed by atoms with Crippen molar-refractivity contribution in [3.8, 4) is 11.5 Å². The molecule has 0 bridgehead atoms. The molecule has 3 fully saturated rings. The third-order valence-corrected chi connectivity index (χ3v) is 19.6. The van der Waals surface area contributed by atoms with E-state index in [1.54, 1.807) is 70.2 Å². The number of ether oxygens (including phenoxy) is 1. The number of nitrogens with zero attached hydrogens (tertiary/aromatic N) is 8. The Morgan fingerprint density at radius 2 is 1.02 bits per heavy atom. The molecule has 0 radical (unpaired) electrons. The van der Waals surface area contributed by atoms with Gasteiger partial charge in [0.1, 0.15) is 42.0 Å². The Hall–Kier alpha value is -9.28. The molecule has 3 aliphatic heterocycles. The molecule has 7 rings (SSSR count). The second kappa shape index (κ2) is 35.4. The van der Waals surface area contributed by atoms with Gasteiger partial charge in [0.2, 0.25) is 65.9 Å². The molecule has 3 aliphatic rings. The minimum Gasteiger partial charge on any atom is -0.505 e. The van der Waals surface area contributed by atoms with Crippen molar-refractivity contribution in [3.63, 3.8) is 0 Å². The number of aromatic nitrogens is 2. The molecule has 4 aromatic rings. The number of amides is 12. The molecular weight excluding hydrogens is 1360 g/mol. The molecule has 2 unspecified atom stereocenters. The van der Waals surface area contributed by atoms with Gasteiger partial charge in [-0.3, -0.25) is 62.1 Å². The number of nitrogens with one attached hydrogen (secondary N) is 6. The highest BCUT2D eigenvalue weighted by molar-refractivity contribution is 7.61.